The van der Waals surface area contributed by atoms with Gasteiger partial charge < -0.3 is 26.7 Å². The number of amides is 1. The molecule has 0 aliphatic heterocycles. The first-order chi connectivity index (χ1) is 14.5. The van der Waals surface area contributed by atoms with Crippen molar-refractivity contribution in [2.45, 2.75) is 65.8 Å². The maximum atomic E-state index is 12.7. The zero-order chi connectivity index (χ0) is 23.2. The fourth-order valence-electron chi connectivity index (χ4n) is 3.93. The van der Waals surface area contributed by atoms with Gasteiger partial charge in [-0.05, 0) is 42.2 Å². The Morgan fingerprint density at radius 3 is 2.58 bits per heavy atom. The van der Waals surface area contributed by atoms with Gasteiger partial charge in [-0.3, -0.25) is 4.79 Å². The third-order valence-electron chi connectivity index (χ3n) is 6.00. The van der Waals surface area contributed by atoms with Gasteiger partial charge in [0.05, 0.1) is 11.3 Å². The van der Waals surface area contributed by atoms with Crippen molar-refractivity contribution in [1.29, 1.82) is 5.41 Å². The lowest BCUT2D eigenvalue weighted by molar-refractivity contribution is -0.118. The van der Waals surface area contributed by atoms with Gasteiger partial charge in [0.15, 0.2) is 0 Å². The summed E-state index contributed by atoms with van der Waals surface area (Å²) in [5.41, 5.74) is 2.55. The molecular weight excluding hydrogens is 388 g/mol. The number of carbonyl (C=O) groups is 1. The van der Waals surface area contributed by atoms with Gasteiger partial charge in [-0.15, -0.1) is 0 Å². The largest absolute Gasteiger partial charge is 0.393 e. The Balaban J connectivity index is 2.18. The van der Waals surface area contributed by atoms with Crippen LogP contribution < -0.4 is 21.3 Å². The third kappa shape index (κ3) is 6.71. The van der Waals surface area contributed by atoms with Crippen LogP contribution in [0.4, 0.5) is 11.5 Å². The van der Waals surface area contributed by atoms with Gasteiger partial charge in [-0.25, -0.2) is 4.98 Å². The third-order valence-corrected chi connectivity index (χ3v) is 6.00. The van der Waals surface area contributed by atoms with Gasteiger partial charge in [0.2, 0.25) is 0 Å². The summed E-state index contributed by atoms with van der Waals surface area (Å²) in [6, 6.07) is 4.23. The van der Waals surface area contributed by atoms with Crippen molar-refractivity contribution in [3.05, 3.63) is 29.6 Å². The Morgan fingerprint density at radius 2 is 2.00 bits per heavy atom. The highest BCUT2D eigenvalue weighted by molar-refractivity contribution is 6.11. The van der Waals surface area contributed by atoms with Gasteiger partial charge >= 0.3 is 0 Å². The highest BCUT2D eigenvalue weighted by atomic mass is 16.1. The molecule has 2 unspecified atom stereocenters. The van der Waals surface area contributed by atoms with Crippen molar-refractivity contribution in [2.75, 3.05) is 31.3 Å². The summed E-state index contributed by atoms with van der Waals surface area (Å²) in [6.45, 7) is 11.9. The number of rotatable bonds is 8. The lowest BCUT2D eigenvalue weighted by Crippen LogP contribution is -2.49. The van der Waals surface area contributed by atoms with Gasteiger partial charge in [0, 0.05) is 50.7 Å². The van der Waals surface area contributed by atoms with E-state index in [2.05, 4.69) is 68.0 Å². The molecule has 0 saturated heterocycles. The van der Waals surface area contributed by atoms with Crippen LogP contribution >= 0.6 is 0 Å². The van der Waals surface area contributed by atoms with Crippen molar-refractivity contribution in [3.63, 3.8) is 0 Å². The average molecular weight is 429 g/mol. The summed E-state index contributed by atoms with van der Waals surface area (Å²) >= 11 is 0. The molecule has 7 heteroatoms. The number of nitrogens with one attached hydrogen (secondary N) is 5. The predicted octanol–water partition coefficient (Wildman–Crippen LogP) is 4.11. The minimum atomic E-state index is -0.214. The summed E-state index contributed by atoms with van der Waals surface area (Å²) in [4.78, 5) is 17.6. The maximum Gasteiger partial charge on any atom is 0.254 e. The second-order valence-corrected chi connectivity index (χ2v) is 10.3. The van der Waals surface area contributed by atoms with E-state index in [1.54, 1.807) is 13.2 Å². The van der Waals surface area contributed by atoms with Gasteiger partial charge in [-0.1, -0.05) is 34.6 Å². The number of pyridine rings is 1. The highest BCUT2D eigenvalue weighted by Crippen LogP contribution is 2.43. The first-order valence-electron chi connectivity index (χ1n) is 11.1. The van der Waals surface area contributed by atoms with Gasteiger partial charge in [0.1, 0.15) is 5.82 Å². The van der Waals surface area contributed by atoms with Crippen LogP contribution in [0.25, 0.3) is 0 Å². The quantitative estimate of drug-likeness (QED) is 0.317. The van der Waals surface area contributed by atoms with E-state index in [1.807, 2.05) is 7.05 Å². The molecule has 31 heavy (non-hydrogen) atoms. The minimum absolute atomic E-state index is 0.0116. The number of nitrogens with zero attached hydrogens (tertiary/aromatic N) is 1. The molecule has 172 valence electrons. The van der Waals surface area contributed by atoms with Gasteiger partial charge in [-0.2, -0.15) is 0 Å². The first kappa shape index (κ1) is 24.7. The Bertz CT molecular complexity index is 809. The van der Waals surface area contributed by atoms with Gasteiger partial charge in [0.25, 0.3) is 5.91 Å². The molecule has 1 amide bonds. The van der Waals surface area contributed by atoms with Crippen LogP contribution in [0.2, 0.25) is 0 Å². The van der Waals surface area contributed by atoms with E-state index in [0.717, 1.165) is 49.2 Å². The maximum absolute atomic E-state index is 12.7. The highest BCUT2D eigenvalue weighted by Gasteiger charge is 2.38. The number of hydrogen-bond acceptors (Lipinski definition) is 6. The fourth-order valence-corrected chi connectivity index (χ4v) is 3.93. The summed E-state index contributed by atoms with van der Waals surface area (Å²) in [5.74, 6) is 0.919. The molecule has 0 spiro atoms. The molecule has 2 atom stereocenters. The molecule has 0 radical (unpaired) electrons. The number of hydrogen-bond donors (Lipinski definition) is 5. The molecule has 7 nitrogen and oxygen atoms in total. The Morgan fingerprint density at radius 1 is 1.29 bits per heavy atom. The Labute approximate surface area is 187 Å². The van der Waals surface area contributed by atoms with Crippen molar-refractivity contribution < 1.29 is 4.79 Å². The predicted molar refractivity (Wildman–Crippen MR) is 130 cm³/mol. The van der Waals surface area contributed by atoms with E-state index < -0.39 is 0 Å². The van der Waals surface area contributed by atoms with E-state index in [0.29, 0.717) is 5.57 Å². The topological polar surface area (TPSA) is 102 Å². The smallest absolute Gasteiger partial charge is 0.254 e. The van der Waals surface area contributed by atoms with Crippen molar-refractivity contribution in [1.82, 2.24) is 15.6 Å². The zero-order valence-corrected chi connectivity index (χ0v) is 20.1. The first-order valence-corrected chi connectivity index (χ1v) is 11.1. The molecule has 5 N–H and O–H groups in total. The summed E-state index contributed by atoms with van der Waals surface area (Å²) in [6.07, 6.45) is 5.50. The molecular formula is C24H40N6O. The Kier molecular flexibility index (Phi) is 8.09. The molecule has 1 aromatic rings. The monoisotopic (exact) mass is 428 g/mol. The van der Waals surface area contributed by atoms with Crippen LogP contribution in [0.1, 0.15) is 65.5 Å². The lowest BCUT2D eigenvalue weighted by Gasteiger charge is -2.42. The molecule has 1 aliphatic rings. The van der Waals surface area contributed by atoms with E-state index >= 15 is 0 Å². The second kappa shape index (κ2) is 10.2. The fraction of sp³-hybridized carbons (Fsp3) is 0.625. The summed E-state index contributed by atoms with van der Waals surface area (Å²) in [5, 5.41) is 20.2. The SMILES string of the molecule is CN/C=C(\C=N)C(=O)NC1CC(c2ccc(NCC(C)(C)C)c(NC)n2)CCC1(C)C. The molecule has 0 aromatic carbocycles. The van der Waals surface area contributed by atoms with Crippen LogP contribution in [0, 0.1) is 16.2 Å². The van der Waals surface area contributed by atoms with E-state index in [-0.39, 0.29) is 28.7 Å². The van der Waals surface area contributed by atoms with E-state index in [9.17, 15) is 4.79 Å². The zero-order valence-electron chi connectivity index (χ0n) is 20.1. The van der Waals surface area contributed by atoms with Crippen molar-refractivity contribution in [3.8, 4) is 0 Å². The van der Waals surface area contributed by atoms with E-state index in [4.69, 9.17) is 10.4 Å². The molecule has 1 aliphatic carbocycles. The second-order valence-electron chi connectivity index (χ2n) is 10.3. The number of anilines is 2. The molecule has 0 bridgehead atoms. The Hall–Kier alpha value is -2.57. The molecule has 2 rings (SSSR count). The number of aromatic nitrogens is 1. The molecule has 1 heterocycles. The average Bonchev–Trinajstić information content (AvgIpc) is 2.71. The summed E-state index contributed by atoms with van der Waals surface area (Å²) < 4.78 is 0. The minimum Gasteiger partial charge on any atom is -0.393 e. The van der Waals surface area contributed by atoms with Crippen LogP contribution in [0.15, 0.2) is 23.9 Å². The van der Waals surface area contributed by atoms with Crippen molar-refractivity contribution >= 4 is 23.6 Å². The molecule has 1 fully saturated rings. The molecule has 1 aromatic heterocycles. The van der Waals surface area contributed by atoms with Crippen molar-refractivity contribution in [2.24, 2.45) is 10.8 Å². The van der Waals surface area contributed by atoms with Crippen LogP contribution in [0.3, 0.4) is 0 Å². The molecule has 1 saturated carbocycles. The van der Waals surface area contributed by atoms with Crippen LogP contribution in [-0.4, -0.2) is 43.8 Å². The van der Waals surface area contributed by atoms with E-state index in [1.165, 1.54) is 0 Å². The standard InChI is InChI=1S/C24H40N6O/c1-23(2,3)15-28-19-9-8-18(29-21(19)27-7)16-10-11-24(4,5)20(12-16)30-22(31)17(13-25)14-26-6/h8-9,13-14,16,20,25-26,28H,10-12,15H2,1-7H3,(H,27,29)(H,30,31)/b17-14+,25-13?. The number of carbonyl (C=O) groups excluding carboxylic acids is 1. The normalized spacial score (nSPS) is 21.2. The summed E-state index contributed by atoms with van der Waals surface area (Å²) in [7, 11) is 3.62. The van der Waals surface area contributed by atoms with Crippen LogP contribution in [-0.2, 0) is 4.79 Å². The van der Waals surface area contributed by atoms with Crippen LogP contribution in [0.5, 0.6) is 0 Å². The lowest BCUT2D eigenvalue weighted by atomic mass is 9.68.